The lowest BCUT2D eigenvalue weighted by Gasteiger charge is -2.30. The zero-order valence-corrected chi connectivity index (χ0v) is 17.8. The van der Waals surface area contributed by atoms with E-state index in [9.17, 15) is 4.79 Å². The summed E-state index contributed by atoms with van der Waals surface area (Å²) in [5.41, 5.74) is 1.36. The lowest BCUT2D eigenvalue weighted by molar-refractivity contribution is -0.124. The molecule has 4 rings (SSSR count). The van der Waals surface area contributed by atoms with Crippen molar-refractivity contribution in [3.63, 3.8) is 0 Å². The molecule has 2 fully saturated rings. The smallest absolute Gasteiger partial charge is 0.277 e. The fourth-order valence-electron chi connectivity index (χ4n) is 3.81. The van der Waals surface area contributed by atoms with E-state index in [0.717, 1.165) is 31.2 Å². The van der Waals surface area contributed by atoms with Crippen molar-refractivity contribution >= 4 is 52.5 Å². The van der Waals surface area contributed by atoms with E-state index in [1.165, 1.54) is 6.42 Å². The highest BCUT2D eigenvalue weighted by atomic mass is 35.5. The van der Waals surface area contributed by atoms with Crippen molar-refractivity contribution in [2.24, 2.45) is 0 Å². The first-order valence-corrected chi connectivity index (χ1v) is 10.5. The monoisotopic (exact) mass is 434 g/mol. The van der Waals surface area contributed by atoms with Crippen molar-refractivity contribution < 1.29 is 9.21 Å². The molecule has 2 aliphatic rings. The Bertz CT molecular complexity index is 963. The van der Waals surface area contributed by atoms with E-state index in [1.54, 1.807) is 28.0 Å². The van der Waals surface area contributed by atoms with Gasteiger partial charge in [-0.3, -0.25) is 9.69 Å². The van der Waals surface area contributed by atoms with Gasteiger partial charge in [0.15, 0.2) is 5.11 Å². The summed E-state index contributed by atoms with van der Waals surface area (Å²) in [6.07, 6.45) is 7.28. The van der Waals surface area contributed by atoms with Gasteiger partial charge in [-0.05, 0) is 55.4 Å². The topological polar surface area (TPSA) is 36.7 Å². The lowest BCUT2D eigenvalue weighted by Crippen LogP contribution is -2.41. The average Bonchev–Trinajstić information content (AvgIpc) is 3.24. The fourth-order valence-corrected chi connectivity index (χ4v) is 4.44. The van der Waals surface area contributed by atoms with Crippen LogP contribution in [0.3, 0.4) is 0 Å². The van der Waals surface area contributed by atoms with Gasteiger partial charge in [-0.25, -0.2) is 0 Å². The van der Waals surface area contributed by atoms with Gasteiger partial charge >= 0.3 is 0 Å². The van der Waals surface area contributed by atoms with E-state index in [-0.39, 0.29) is 11.9 Å². The molecular weight excluding hydrogens is 415 g/mol. The van der Waals surface area contributed by atoms with E-state index >= 15 is 0 Å². The van der Waals surface area contributed by atoms with Crippen LogP contribution in [0.1, 0.15) is 37.9 Å². The Kier molecular flexibility index (Phi) is 5.50. The number of likely N-dealkylation sites (N-methyl/N-ethyl adjacent to an activating group) is 1. The highest BCUT2D eigenvalue weighted by molar-refractivity contribution is 7.80. The van der Waals surface area contributed by atoms with Crippen LogP contribution >= 0.6 is 35.4 Å². The van der Waals surface area contributed by atoms with Gasteiger partial charge in [0.05, 0.1) is 10.0 Å². The summed E-state index contributed by atoms with van der Waals surface area (Å²) in [6, 6.07) is 9.21. The molecule has 1 saturated carbocycles. The highest BCUT2D eigenvalue weighted by Gasteiger charge is 2.40. The van der Waals surface area contributed by atoms with E-state index in [2.05, 4.69) is 0 Å². The Morgan fingerprint density at radius 1 is 1.11 bits per heavy atom. The maximum absolute atomic E-state index is 13.0. The molecule has 7 heteroatoms. The molecule has 0 N–H and O–H groups in total. The second kappa shape index (κ2) is 7.90. The molecule has 28 heavy (non-hydrogen) atoms. The Labute approximate surface area is 179 Å². The summed E-state index contributed by atoms with van der Waals surface area (Å²) >= 11 is 17.6. The molecule has 0 unspecified atom stereocenters. The highest BCUT2D eigenvalue weighted by Crippen LogP contribution is 2.33. The van der Waals surface area contributed by atoms with Crippen LogP contribution in [-0.4, -0.2) is 33.9 Å². The van der Waals surface area contributed by atoms with Crippen molar-refractivity contribution in [2.75, 3.05) is 7.05 Å². The largest absolute Gasteiger partial charge is 0.457 e. The van der Waals surface area contributed by atoms with Crippen molar-refractivity contribution in [2.45, 2.75) is 38.1 Å². The van der Waals surface area contributed by atoms with Crippen molar-refractivity contribution in [1.82, 2.24) is 9.80 Å². The van der Waals surface area contributed by atoms with Gasteiger partial charge in [-0.2, -0.15) is 0 Å². The summed E-state index contributed by atoms with van der Waals surface area (Å²) in [6.45, 7) is 0. The van der Waals surface area contributed by atoms with E-state index in [1.807, 2.05) is 25.2 Å². The number of rotatable bonds is 3. The number of halogens is 2. The molecule has 2 heterocycles. The van der Waals surface area contributed by atoms with Crippen LogP contribution in [0.15, 0.2) is 40.4 Å². The average molecular weight is 435 g/mol. The molecule has 1 amide bonds. The quantitative estimate of drug-likeness (QED) is 0.439. The van der Waals surface area contributed by atoms with Crippen LogP contribution in [0.25, 0.3) is 17.4 Å². The maximum Gasteiger partial charge on any atom is 0.277 e. The van der Waals surface area contributed by atoms with Crippen molar-refractivity contribution in [3.05, 3.63) is 51.8 Å². The molecule has 4 nitrogen and oxygen atoms in total. The summed E-state index contributed by atoms with van der Waals surface area (Å²) in [4.78, 5) is 16.6. The Balaban J connectivity index is 1.60. The molecule has 0 spiro atoms. The summed E-state index contributed by atoms with van der Waals surface area (Å²) in [5.74, 6) is 1.20. The number of furan rings is 1. The second-order valence-electron chi connectivity index (χ2n) is 7.17. The molecule has 1 saturated heterocycles. The third-order valence-corrected chi connectivity index (χ3v) is 6.55. The molecule has 2 aromatic rings. The van der Waals surface area contributed by atoms with Crippen LogP contribution in [0, 0.1) is 0 Å². The van der Waals surface area contributed by atoms with Crippen molar-refractivity contribution in [3.8, 4) is 11.3 Å². The number of carbonyl (C=O) groups excluding carboxylic acids is 1. The third kappa shape index (κ3) is 3.59. The van der Waals surface area contributed by atoms with Gasteiger partial charge in [0.25, 0.3) is 5.91 Å². The van der Waals surface area contributed by atoms with E-state index in [0.29, 0.717) is 32.4 Å². The third-order valence-electron chi connectivity index (χ3n) is 5.34. The zero-order valence-electron chi connectivity index (χ0n) is 15.5. The maximum atomic E-state index is 13.0. The SMILES string of the molecule is CN1C(=S)N(C2CCCCC2)C(=O)/C1=C/c1ccc(-c2ccc(Cl)c(Cl)c2)o1. The lowest BCUT2D eigenvalue weighted by atomic mass is 9.94. The number of amides is 1. The number of nitrogens with zero attached hydrogens (tertiary/aromatic N) is 2. The minimum Gasteiger partial charge on any atom is -0.457 e. The first-order valence-electron chi connectivity index (χ1n) is 9.34. The molecule has 146 valence electrons. The van der Waals surface area contributed by atoms with Gasteiger partial charge < -0.3 is 9.32 Å². The molecule has 1 aliphatic heterocycles. The summed E-state index contributed by atoms with van der Waals surface area (Å²) < 4.78 is 5.92. The predicted octanol–water partition coefficient (Wildman–Crippen LogP) is 5.99. The zero-order chi connectivity index (χ0) is 19.8. The van der Waals surface area contributed by atoms with Gasteiger partial charge in [0.1, 0.15) is 17.2 Å². The number of benzene rings is 1. The molecule has 1 aromatic carbocycles. The van der Waals surface area contributed by atoms with Crippen LogP contribution < -0.4 is 0 Å². The standard InChI is InChI=1S/C21H20Cl2N2O2S/c1-24-18(20(26)25(21(24)28)14-5-3-2-4-6-14)12-15-8-10-19(27-15)13-7-9-16(22)17(23)11-13/h7-12,14H,2-6H2,1H3/b18-12-. The van der Waals surface area contributed by atoms with Gasteiger partial charge in [0, 0.05) is 24.7 Å². The van der Waals surface area contributed by atoms with E-state index < -0.39 is 0 Å². The number of hydrogen-bond donors (Lipinski definition) is 0. The van der Waals surface area contributed by atoms with Gasteiger partial charge in [-0.1, -0.05) is 42.5 Å². The number of thiocarbonyl (C=S) groups is 1. The predicted molar refractivity (Wildman–Crippen MR) is 116 cm³/mol. The molecule has 1 aromatic heterocycles. The van der Waals surface area contributed by atoms with Gasteiger partial charge in [0.2, 0.25) is 0 Å². The number of hydrogen-bond acceptors (Lipinski definition) is 3. The van der Waals surface area contributed by atoms with Crippen LogP contribution in [0.5, 0.6) is 0 Å². The second-order valence-corrected chi connectivity index (χ2v) is 8.35. The van der Waals surface area contributed by atoms with Gasteiger partial charge in [-0.15, -0.1) is 0 Å². The Morgan fingerprint density at radius 3 is 2.57 bits per heavy atom. The van der Waals surface area contributed by atoms with Crippen molar-refractivity contribution in [1.29, 1.82) is 0 Å². The molecule has 0 atom stereocenters. The van der Waals surface area contributed by atoms with Crippen LogP contribution in [-0.2, 0) is 4.79 Å². The van der Waals surface area contributed by atoms with E-state index in [4.69, 9.17) is 39.8 Å². The Morgan fingerprint density at radius 2 is 1.86 bits per heavy atom. The number of carbonyl (C=O) groups is 1. The summed E-state index contributed by atoms with van der Waals surface area (Å²) in [5, 5.41) is 1.53. The summed E-state index contributed by atoms with van der Waals surface area (Å²) in [7, 11) is 1.83. The minimum atomic E-state index is -0.0492. The van der Waals surface area contributed by atoms with Crippen LogP contribution in [0.4, 0.5) is 0 Å². The fraction of sp³-hybridized carbons (Fsp3) is 0.333. The molecular formula is C21H20Cl2N2O2S. The minimum absolute atomic E-state index is 0.0492. The molecule has 0 radical (unpaired) electrons. The normalized spacial score (nSPS) is 19.9. The first kappa shape index (κ1) is 19.5. The first-order chi connectivity index (χ1) is 13.5. The Hall–Kier alpha value is -1.82. The molecule has 1 aliphatic carbocycles. The molecule has 0 bridgehead atoms. The van der Waals surface area contributed by atoms with Crippen LogP contribution in [0.2, 0.25) is 10.0 Å².